The van der Waals surface area contributed by atoms with Crippen molar-refractivity contribution >= 4 is 5.96 Å². The first kappa shape index (κ1) is 15.6. The highest BCUT2D eigenvalue weighted by molar-refractivity contribution is 5.80. The molecule has 2 rings (SSSR count). The van der Waals surface area contributed by atoms with Crippen LogP contribution < -0.4 is 10.1 Å². The number of nitrogens with zero attached hydrogens (tertiary/aromatic N) is 3. The van der Waals surface area contributed by atoms with E-state index in [-0.39, 0.29) is 0 Å². The lowest BCUT2D eigenvalue weighted by Gasteiger charge is -2.33. The zero-order valence-corrected chi connectivity index (χ0v) is 13.3. The Morgan fingerprint density at radius 3 is 3.10 bits per heavy atom. The molecule has 1 saturated heterocycles. The number of likely N-dealkylation sites (tertiary alicyclic amines) is 1. The van der Waals surface area contributed by atoms with Gasteiger partial charge in [-0.1, -0.05) is 13.0 Å². The normalized spacial score (nSPS) is 19.5. The SMILES string of the molecule is CCNC(=NCc1cccc(OC)n1)N1CCCC(C)C1. The molecule has 0 spiro atoms. The molecule has 21 heavy (non-hydrogen) atoms. The summed E-state index contributed by atoms with van der Waals surface area (Å²) in [6, 6.07) is 5.78. The van der Waals surface area contributed by atoms with Gasteiger partial charge < -0.3 is 15.0 Å². The van der Waals surface area contributed by atoms with E-state index in [9.17, 15) is 0 Å². The molecular weight excluding hydrogens is 264 g/mol. The van der Waals surface area contributed by atoms with Gasteiger partial charge in [0.2, 0.25) is 5.88 Å². The molecule has 1 N–H and O–H groups in total. The molecule has 1 aliphatic heterocycles. The zero-order chi connectivity index (χ0) is 15.1. The first-order valence-corrected chi connectivity index (χ1v) is 7.76. The van der Waals surface area contributed by atoms with Gasteiger partial charge in [-0.2, -0.15) is 0 Å². The van der Waals surface area contributed by atoms with Crippen LogP contribution in [0.25, 0.3) is 0 Å². The molecule has 116 valence electrons. The number of piperidine rings is 1. The van der Waals surface area contributed by atoms with Gasteiger partial charge in [-0.15, -0.1) is 0 Å². The first-order chi connectivity index (χ1) is 10.2. The lowest BCUT2D eigenvalue weighted by Crippen LogP contribution is -2.46. The molecule has 0 aliphatic carbocycles. The van der Waals surface area contributed by atoms with E-state index in [0.29, 0.717) is 12.4 Å². The molecular formula is C16H26N4O. The minimum Gasteiger partial charge on any atom is -0.481 e. The Morgan fingerprint density at radius 2 is 2.38 bits per heavy atom. The Hall–Kier alpha value is -1.78. The quantitative estimate of drug-likeness (QED) is 0.683. The third-order valence-electron chi connectivity index (χ3n) is 3.67. The minimum absolute atomic E-state index is 0.574. The van der Waals surface area contributed by atoms with Crippen LogP contribution in [0.5, 0.6) is 5.88 Å². The number of aliphatic imine (C=N–C) groups is 1. The standard InChI is InChI=1S/C16H26N4O/c1-4-17-16(20-10-6-7-13(2)12-20)18-11-14-8-5-9-15(19-14)21-3/h5,8-9,13H,4,6-7,10-12H2,1-3H3,(H,17,18). The van der Waals surface area contributed by atoms with E-state index in [1.54, 1.807) is 7.11 Å². The highest BCUT2D eigenvalue weighted by Gasteiger charge is 2.19. The zero-order valence-electron chi connectivity index (χ0n) is 13.3. The van der Waals surface area contributed by atoms with Crippen molar-refractivity contribution in [1.82, 2.24) is 15.2 Å². The molecule has 1 fully saturated rings. The summed E-state index contributed by atoms with van der Waals surface area (Å²) in [5.41, 5.74) is 0.926. The molecule has 0 radical (unpaired) electrons. The largest absolute Gasteiger partial charge is 0.481 e. The van der Waals surface area contributed by atoms with E-state index >= 15 is 0 Å². The van der Waals surface area contributed by atoms with Gasteiger partial charge in [0.05, 0.1) is 19.3 Å². The second-order valence-corrected chi connectivity index (χ2v) is 5.53. The van der Waals surface area contributed by atoms with E-state index in [1.807, 2.05) is 18.2 Å². The molecule has 5 nitrogen and oxygen atoms in total. The molecule has 0 saturated carbocycles. The summed E-state index contributed by atoms with van der Waals surface area (Å²) in [6.45, 7) is 8.03. The third kappa shape index (κ3) is 4.62. The fourth-order valence-electron chi connectivity index (χ4n) is 2.62. The van der Waals surface area contributed by atoms with Crippen molar-refractivity contribution in [1.29, 1.82) is 0 Å². The van der Waals surface area contributed by atoms with E-state index in [2.05, 4.69) is 29.0 Å². The number of guanidine groups is 1. The number of hydrogen-bond donors (Lipinski definition) is 1. The van der Waals surface area contributed by atoms with Crippen molar-refractivity contribution < 1.29 is 4.74 Å². The number of methoxy groups -OCH3 is 1. The third-order valence-corrected chi connectivity index (χ3v) is 3.67. The van der Waals surface area contributed by atoms with Crippen LogP contribution in [0, 0.1) is 5.92 Å². The van der Waals surface area contributed by atoms with Gasteiger partial charge in [0.1, 0.15) is 0 Å². The van der Waals surface area contributed by atoms with Crippen molar-refractivity contribution in [3.8, 4) is 5.88 Å². The Balaban J connectivity index is 2.05. The molecule has 1 atom stereocenters. The van der Waals surface area contributed by atoms with Crippen LogP contribution in [0.1, 0.15) is 32.4 Å². The fraction of sp³-hybridized carbons (Fsp3) is 0.625. The van der Waals surface area contributed by atoms with Crippen molar-refractivity contribution in [3.05, 3.63) is 23.9 Å². The van der Waals surface area contributed by atoms with E-state index in [4.69, 9.17) is 9.73 Å². The van der Waals surface area contributed by atoms with E-state index in [1.165, 1.54) is 12.8 Å². The predicted molar refractivity (Wildman–Crippen MR) is 85.6 cm³/mol. The van der Waals surface area contributed by atoms with Crippen molar-refractivity contribution in [2.75, 3.05) is 26.7 Å². The van der Waals surface area contributed by atoms with Gasteiger partial charge in [-0.05, 0) is 31.7 Å². The van der Waals surface area contributed by atoms with Gasteiger partial charge >= 0.3 is 0 Å². The maximum absolute atomic E-state index is 5.15. The summed E-state index contributed by atoms with van der Waals surface area (Å²) < 4.78 is 5.15. The summed E-state index contributed by atoms with van der Waals surface area (Å²) >= 11 is 0. The highest BCUT2D eigenvalue weighted by atomic mass is 16.5. The predicted octanol–water partition coefficient (Wildman–Crippen LogP) is 2.29. The van der Waals surface area contributed by atoms with Gasteiger partial charge in [0.15, 0.2) is 5.96 Å². The van der Waals surface area contributed by atoms with Gasteiger partial charge in [0, 0.05) is 25.7 Å². The maximum Gasteiger partial charge on any atom is 0.213 e. The molecule has 1 aromatic heterocycles. The van der Waals surface area contributed by atoms with Crippen LogP contribution in [0.4, 0.5) is 0 Å². The Kier molecular flexibility index (Phi) is 5.84. The Labute approximate surface area is 127 Å². The fourth-order valence-corrected chi connectivity index (χ4v) is 2.62. The average molecular weight is 290 g/mol. The summed E-state index contributed by atoms with van der Waals surface area (Å²) in [5, 5.41) is 3.39. The average Bonchev–Trinajstić information content (AvgIpc) is 2.51. The molecule has 5 heteroatoms. The van der Waals surface area contributed by atoms with Gasteiger partial charge in [-0.3, -0.25) is 0 Å². The lowest BCUT2D eigenvalue weighted by molar-refractivity contribution is 0.266. The molecule has 0 amide bonds. The van der Waals surface area contributed by atoms with Crippen molar-refractivity contribution in [2.45, 2.75) is 33.2 Å². The van der Waals surface area contributed by atoms with Crippen LogP contribution in [-0.4, -0.2) is 42.6 Å². The molecule has 2 heterocycles. The van der Waals surface area contributed by atoms with Crippen LogP contribution in [0.15, 0.2) is 23.2 Å². The molecule has 0 bridgehead atoms. The van der Waals surface area contributed by atoms with E-state index < -0.39 is 0 Å². The van der Waals surface area contributed by atoms with Gasteiger partial charge in [-0.25, -0.2) is 9.98 Å². The monoisotopic (exact) mass is 290 g/mol. The molecule has 1 unspecified atom stereocenters. The molecule has 1 aliphatic rings. The highest BCUT2D eigenvalue weighted by Crippen LogP contribution is 2.15. The summed E-state index contributed by atoms with van der Waals surface area (Å²) in [5.74, 6) is 2.37. The summed E-state index contributed by atoms with van der Waals surface area (Å²) in [7, 11) is 1.63. The smallest absolute Gasteiger partial charge is 0.213 e. The van der Waals surface area contributed by atoms with Crippen LogP contribution in [0.3, 0.4) is 0 Å². The number of aromatic nitrogens is 1. The lowest BCUT2D eigenvalue weighted by atomic mass is 10.0. The summed E-state index contributed by atoms with van der Waals surface area (Å²) in [6.07, 6.45) is 2.55. The Bertz CT molecular complexity index is 475. The van der Waals surface area contributed by atoms with Crippen LogP contribution >= 0.6 is 0 Å². The summed E-state index contributed by atoms with van der Waals surface area (Å²) in [4.78, 5) is 11.5. The minimum atomic E-state index is 0.574. The number of pyridine rings is 1. The van der Waals surface area contributed by atoms with Crippen molar-refractivity contribution in [3.63, 3.8) is 0 Å². The number of nitrogens with one attached hydrogen (secondary N) is 1. The maximum atomic E-state index is 5.15. The second-order valence-electron chi connectivity index (χ2n) is 5.53. The molecule has 1 aromatic rings. The second kappa shape index (κ2) is 7.86. The molecule has 0 aromatic carbocycles. The van der Waals surface area contributed by atoms with E-state index in [0.717, 1.165) is 37.2 Å². The Morgan fingerprint density at radius 1 is 1.52 bits per heavy atom. The van der Waals surface area contributed by atoms with Crippen molar-refractivity contribution in [2.24, 2.45) is 10.9 Å². The number of ether oxygens (including phenoxy) is 1. The van der Waals surface area contributed by atoms with Crippen LogP contribution in [0.2, 0.25) is 0 Å². The topological polar surface area (TPSA) is 49.8 Å². The van der Waals surface area contributed by atoms with Crippen LogP contribution in [-0.2, 0) is 6.54 Å². The first-order valence-electron chi connectivity index (χ1n) is 7.76. The number of hydrogen-bond acceptors (Lipinski definition) is 3. The number of rotatable bonds is 4. The van der Waals surface area contributed by atoms with Gasteiger partial charge in [0.25, 0.3) is 0 Å².